The zero-order chi connectivity index (χ0) is 6.69. The van der Waals surface area contributed by atoms with Crippen molar-refractivity contribution in [3.8, 4) is 0 Å². The predicted molar refractivity (Wildman–Crippen MR) is 36.7 cm³/mol. The van der Waals surface area contributed by atoms with E-state index in [0.29, 0.717) is 0 Å². The maximum absolute atomic E-state index is 5.47. The molecule has 1 aromatic rings. The minimum atomic E-state index is 0.819. The van der Waals surface area contributed by atoms with Gasteiger partial charge < -0.3 is 5.73 Å². The van der Waals surface area contributed by atoms with Gasteiger partial charge in [0.05, 0.1) is 0 Å². The summed E-state index contributed by atoms with van der Waals surface area (Å²) in [7, 11) is 0. The van der Waals surface area contributed by atoms with E-state index in [2.05, 4.69) is 11.5 Å². The Bertz CT molecular complexity index is 179. The number of nitrogens with two attached hydrogens (primary N) is 1. The lowest BCUT2D eigenvalue weighted by Crippen LogP contribution is -2.30. The average molecular weight is 123 g/mol. The van der Waals surface area contributed by atoms with Crippen molar-refractivity contribution in [1.29, 1.82) is 0 Å². The summed E-state index contributed by atoms with van der Waals surface area (Å²) < 4.78 is 2.07. The Hall–Kier alpha value is -1.05. The molecular formula is C7H11N2+. The van der Waals surface area contributed by atoms with Crippen LogP contribution in [0.15, 0.2) is 24.5 Å². The Morgan fingerprint density at radius 2 is 2.00 bits per heavy atom. The largest absolute Gasteiger partial charge is 0.398 e. The fourth-order valence-electron chi connectivity index (χ4n) is 0.680. The topological polar surface area (TPSA) is 29.9 Å². The van der Waals surface area contributed by atoms with Gasteiger partial charge in [0.2, 0.25) is 0 Å². The first-order valence-electron chi connectivity index (χ1n) is 3.07. The number of rotatable bonds is 1. The van der Waals surface area contributed by atoms with Crippen molar-refractivity contribution in [1.82, 2.24) is 0 Å². The highest BCUT2D eigenvalue weighted by molar-refractivity contribution is 5.32. The van der Waals surface area contributed by atoms with E-state index in [0.717, 1.165) is 12.2 Å². The average Bonchev–Trinajstić information content (AvgIpc) is 1.90. The Morgan fingerprint density at radius 1 is 1.44 bits per heavy atom. The highest BCUT2D eigenvalue weighted by Gasteiger charge is 1.91. The minimum Gasteiger partial charge on any atom is -0.398 e. The lowest BCUT2D eigenvalue weighted by molar-refractivity contribution is -0.693. The van der Waals surface area contributed by atoms with E-state index in [1.165, 1.54) is 0 Å². The molecule has 0 aromatic carbocycles. The van der Waals surface area contributed by atoms with E-state index < -0.39 is 0 Å². The molecule has 1 heterocycles. The molecule has 1 rings (SSSR count). The van der Waals surface area contributed by atoms with E-state index >= 15 is 0 Å². The number of nitrogen functional groups attached to an aromatic ring is 1. The number of aromatic nitrogens is 1. The number of hydrogen-bond acceptors (Lipinski definition) is 1. The predicted octanol–water partition coefficient (Wildman–Crippen LogP) is 0.576. The number of aryl methyl sites for hydroxylation is 1. The van der Waals surface area contributed by atoms with Crippen LogP contribution in [0.1, 0.15) is 6.92 Å². The molecule has 0 aliphatic carbocycles. The Labute approximate surface area is 54.9 Å². The van der Waals surface area contributed by atoms with Crippen LogP contribution >= 0.6 is 0 Å². The summed E-state index contributed by atoms with van der Waals surface area (Å²) in [5, 5.41) is 0. The van der Waals surface area contributed by atoms with Gasteiger partial charge in [-0.25, -0.2) is 4.57 Å². The molecule has 0 unspecified atom stereocenters. The van der Waals surface area contributed by atoms with Gasteiger partial charge in [0, 0.05) is 17.8 Å². The smallest absolute Gasteiger partial charge is 0.170 e. The van der Waals surface area contributed by atoms with Crippen LogP contribution in [0.5, 0.6) is 0 Å². The highest BCUT2D eigenvalue weighted by Crippen LogP contribution is 1.92. The first-order chi connectivity index (χ1) is 4.33. The van der Waals surface area contributed by atoms with Gasteiger partial charge in [-0.05, 0) is 6.92 Å². The van der Waals surface area contributed by atoms with Gasteiger partial charge >= 0.3 is 0 Å². The fourth-order valence-corrected chi connectivity index (χ4v) is 0.680. The van der Waals surface area contributed by atoms with E-state index in [-0.39, 0.29) is 0 Å². The molecule has 0 fully saturated rings. The monoisotopic (exact) mass is 123 g/mol. The van der Waals surface area contributed by atoms with Crippen molar-refractivity contribution in [3.05, 3.63) is 24.5 Å². The molecule has 1 aromatic heterocycles. The Balaban J connectivity index is 2.88. The number of anilines is 1. The van der Waals surface area contributed by atoms with Gasteiger partial charge in [0.15, 0.2) is 12.4 Å². The van der Waals surface area contributed by atoms with Crippen LogP contribution in [0.3, 0.4) is 0 Å². The molecule has 48 valence electrons. The van der Waals surface area contributed by atoms with Crippen LogP contribution in [-0.4, -0.2) is 0 Å². The third-order valence-electron chi connectivity index (χ3n) is 1.28. The van der Waals surface area contributed by atoms with E-state index in [1.807, 2.05) is 24.5 Å². The maximum atomic E-state index is 5.47. The first kappa shape index (κ1) is 6.08. The zero-order valence-electron chi connectivity index (χ0n) is 5.54. The zero-order valence-corrected chi connectivity index (χ0v) is 5.54. The van der Waals surface area contributed by atoms with Crippen LogP contribution in [0.4, 0.5) is 5.69 Å². The molecule has 0 bridgehead atoms. The van der Waals surface area contributed by atoms with Crippen molar-refractivity contribution in [2.75, 3.05) is 5.73 Å². The molecule has 9 heavy (non-hydrogen) atoms. The van der Waals surface area contributed by atoms with Crippen LogP contribution in [0, 0.1) is 0 Å². The van der Waals surface area contributed by atoms with E-state index in [9.17, 15) is 0 Å². The second-order valence-corrected chi connectivity index (χ2v) is 1.96. The standard InChI is InChI=1S/C7H10N2/c1-2-9-5-3-7(8)4-6-9/h3-6,8H,2H2,1H3/p+1. The van der Waals surface area contributed by atoms with Gasteiger partial charge in [-0.2, -0.15) is 0 Å². The lowest BCUT2D eigenvalue weighted by Gasteiger charge is -1.89. The summed E-state index contributed by atoms with van der Waals surface area (Å²) in [5.41, 5.74) is 6.29. The Kier molecular flexibility index (Phi) is 1.68. The lowest BCUT2D eigenvalue weighted by atomic mass is 10.4. The summed E-state index contributed by atoms with van der Waals surface area (Å²) in [5.74, 6) is 0. The van der Waals surface area contributed by atoms with Gasteiger partial charge in [0.25, 0.3) is 0 Å². The second-order valence-electron chi connectivity index (χ2n) is 1.96. The molecule has 2 heteroatoms. The van der Waals surface area contributed by atoms with Gasteiger partial charge in [-0.1, -0.05) is 0 Å². The molecule has 2 N–H and O–H groups in total. The number of nitrogens with zero attached hydrogens (tertiary/aromatic N) is 1. The van der Waals surface area contributed by atoms with Crippen LogP contribution in [-0.2, 0) is 6.54 Å². The molecule has 0 aliphatic heterocycles. The molecule has 2 nitrogen and oxygen atoms in total. The van der Waals surface area contributed by atoms with Crippen LogP contribution in [0.25, 0.3) is 0 Å². The molecule has 0 saturated carbocycles. The summed E-state index contributed by atoms with van der Waals surface area (Å²) in [6, 6.07) is 3.78. The summed E-state index contributed by atoms with van der Waals surface area (Å²) in [6.45, 7) is 3.09. The fraction of sp³-hybridized carbons (Fsp3) is 0.286. The molecule has 0 atom stereocenters. The molecule has 0 amide bonds. The van der Waals surface area contributed by atoms with Crippen molar-refractivity contribution in [2.45, 2.75) is 13.5 Å². The quantitative estimate of drug-likeness (QED) is 0.544. The van der Waals surface area contributed by atoms with Crippen molar-refractivity contribution >= 4 is 5.69 Å². The highest BCUT2D eigenvalue weighted by atomic mass is 14.9. The maximum Gasteiger partial charge on any atom is 0.170 e. The first-order valence-corrected chi connectivity index (χ1v) is 3.07. The normalized spacial score (nSPS) is 9.44. The minimum absolute atomic E-state index is 0.819. The summed E-state index contributed by atoms with van der Waals surface area (Å²) in [6.07, 6.45) is 3.94. The van der Waals surface area contributed by atoms with E-state index in [1.54, 1.807) is 0 Å². The molecular weight excluding hydrogens is 112 g/mol. The summed E-state index contributed by atoms with van der Waals surface area (Å²) in [4.78, 5) is 0. The van der Waals surface area contributed by atoms with Crippen molar-refractivity contribution in [2.24, 2.45) is 0 Å². The summed E-state index contributed by atoms with van der Waals surface area (Å²) >= 11 is 0. The SMILES string of the molecule is CC[n+]1ccc(N)cc1. The molecule has 0 radical (unpaired) electrons. The van der Waals surface area contributed by atoms with Gasteiger partial charge in [-0.3, -0.25) is 0 Å². The van der Waals surface area contributed by atoms with E-state index in [4.69, 9.17) is 5.73 Å². The second kappa shape index (κ2) is 2.49. The third-order valence-corrected chi connectivity index (χ3v) is 1.28. The van der Waals surface area contributed by atoms with Gasteiger partial charge in [0.1, 0.15) is 6.54 Å². The van der Waals surface area contributed by atoms with Crippen molar-refractivity contribution in [3.63, 3.8) is 0 Å². The van der Waals surface area contributed by atoms with Crippen LogP contribution in [0.2, 0.25) is 0 Å². The Morgan fingerprint density at radius 3 is 2.44 bits per heavy atom. The number of hydrogen-bond donors (Lipinski definition) is 1. The van der Waals surface area contributed by atoms with Gasteiger partial charge in [-0.15, -0.1) is 0 Å². The van der Waals surface area contributed by atoms with Crippen LogP contribution < -0.4 is 10.3 Å². The molecule has 0 saturated heterocycles. The van der Waals surface area contributed by atoms with Crippen molar-refractivity contribution < 1.29 is 4.57 Å². The third kappa shape index (κ3) is 1.42. The molecule has 0 spiro atoms. The number of pyridine rings is 1. The molecule has 0 aliphatic rings.